The van der Waals surface area contributed by atoms with Crippen LogP contribution in [0.3, 0.4) is 0 Å². The van der Waals surface area contributed by atoms with Crippen molar-refractivity contribution in [1.29, 1.82) is 0 Å². The molecule has 2 rings (SSSR count). The lowest BCUT2D eigenvalue weighted by Crippen LogP contribution is -2.36. The number of hydrogen-bond acceptors (Lipinski definition) is 3. The normalized spacial score (nSPS) is 12.1. The average molecular weight is 248 g/mol. The number of nitrogens with zero attached hydrogens (tertiary/aromatic N) is 1. The molecule has 1 atom stereocenters. The minimum absolute atomic E-state index is 0.166. The summed E-state index contributed by atoms with van der Waals surface area (Å²) in [5, 5.41) is 12.1. The van der Waals surface area contributed by atoms with E-state index in [2.05, 4.69) is 20.8 Å². The second-order valence-electron chi connectivity index (χ2n) is 4.08. The molecule has 0 aliphatic rings. The van der Waals surface area contributed by atoms with Gasteiger partial charge in [0.05, 0.1) is 18.3 Å². The molecule has 0 saturated heterocycles. The quantitative estimate of drug-likeness (QED) is 0.772. The van der Waals surface area contributed by atoms with E-state index in [9.17, 15) is 4.79 Å². The summed E-state index contributed by atoms with van der Waals surface area (Å²) in [6, 6.07) is 5.12. The summed E-state index contributed by atoms with van der Waals surface area (Å²) in [6.07, 6.45) is 1.64. The van der Waals surface area contributed by atoms with Crippen molar-refractivity contribution >= 4 is 6.03 Å². The van der Waals surface area contributed by atoms with Crippen LogP contribution in [0.25, 0.3) is 0 Å². The zero-order valence-electron chi connectivity index (χ0n) is 10.4. The monoisotopic (exact) mass is 248 g/mol. The Kier molecular flexibility index (Phi) is 3.66. The maximum Gasteiger partial charge on any atom is 0.315 e. The fourth-order valence-corrected chi connectivity index (χ4v) is 1.56. The number of aromatic amines is 1. The molecular weight excluding hydrogens is 232 g/mol. The van der Waals surface area contributed by atoms with Crippen molar-refractivity contribution in [1.82, 2.24) is 20.8 Å². The van der Waals surface area contributed by atoms with E-state index >= 15 is 0 Å². The topological polar surface area (TPSA) is 83.0 Å². The molecule has 0 bridgehead atoms. The van der Waals surface area contributed by atoms with E-state index in [-0.39, 0.29) is 12.1 Å². The zero-order valence-corrected chi connectivity index (χ0v) is 10.4. The number of hydrogen-bond donors (Lipinski definition) is 3. The molecule has 2 heterocycles. The molecule has 0 aliphatic carbocycles. The third kappa shape index (κ3) is 3.13. The first-order chi connectivity index (χ1) is 8.65. The van der Waals surface area contributed by atoms with Gasteiger partial charge in [-0.3, -0.25) is 5.10 Å². The molecule has 0 aromatic carbocycles. The lowest BCUT2D eigenvalue weighted by atomic mass is 10.2. The van der Waals surface area contributed by atoms with Crippen molar-refractivity contribution in [3.63, 3.8) is 0 Å². The Balaban J connectivity index is 1.80. The van der Waals surface area contributed by atoms with Crippen molar-refractivity contribution in [3.8, 4) is 0 Å². The predicted octanol–water partition coefficient (Wildman–Crippen LogP) is 1.87. The van der Waals surface area contributed by atoms with Gasteiger partial charge < -0.3 is 15.1 Å². The first-order valence-corrected chi connectivity index (χ1v) is 5.74. The van der Waals surface area contributed by atoms with Gasteiger partial charge in [-0.1, -0.05) is 0 Å². The van der Waals surface area contributed by atoms with Crippen LogP contribution in [0.4, 0.5) is 4.79 Å². The van der Waals surface area contributed by atoms with Crippen LogP contribution in [0, 0.1) is 6.92 Å². The summed E-state index contributed by atoms with van der Waals surface area (Å²) >= 11 is 0. The molecule has 0 radical (unpaired) electrons. The SMILES string of the molecule is Cc1ccc(C(C)NC(=O)NCc2ccn[nH]2)o1. The molecule has 2 aromatic heterocycles. The van der Waals surface area contributed by atoms with E-state index in [4.69, 9.17) is 4.42 Å². The first-order valence-electron chi connectivity index (χ1n) is 5.74. The van der Waals surface area contributed by atoms with Crippen molar-refractivity contribution in [3.05, 3.63) is 41.6 Å². The van der Waals surface area contributed by atoms with Gasteiger partial charge in [0.2, 0.25) is 0 Å². The number of H-pyrrole nitrogens is 1. The number of carbonyl (C=O) groups is 1. The highest BCUT2D eigenvalue weighted by molar-refractivity contribution is 5.74. The van der Waals surface area contributed by atoms with Gasteiger partial charge in [-0.25, -0.2) is 4.79 Å². The smallest absolute Gasteiger partial charge is 0.315 e. The molecule has 0 fully saturated rings. The van der Waals surface area contributed by atoms with Crippen LogP contribution in [0.5, 0.6) is 0 Å². The Bertz CT molecular complexity index is 504. The third-order valence-electron chi connectivity index (χ3n) is 2.53. The largest absolute Gasteiger partial charge is 0.464 e. The van der Waals surface area contributed by atoms with Gasteiger partial charge in [0, 0.05) is 6.20 Å². The molecule has 0 spiro atoms. The fourth-order valence-electron chi connectivity index (χ4n) is 1.56. The van der Waals surface area contributed by atoms with Crippen LogP contribution >= 0.6 is 0 Å². The van der Waals surface area contributed by atoms with Crippen LogP contribution in [0.15, 0.2) is 28.8 Å². The molecule has 3 N–H and O–H groups in total. The average Bonchev–Trinajstić information content (AvgIpc) is 2.97. The van der Waals surface area contributed by atoms with Crippen molar-refractivity contribution in [2.24, 2.45) is 0 Å². The molecule has 96 valence electrons. The van der Waals surface area contributed by atoms with Crippen molar-refractivity contribution in [2.45, 2.75) is 26.4 Å². The minimum atomic E-state index is -0.244. The van der Waals surface area contributed by atoms with Gasteiger partial charge in [-0.15, -0.1) is 0 Å². The third-order valence-corrected chi connectivity index (χ3v) is 2.53. The van der Waals surface area contributed by atoms with Gasteiger partial charge in [0.15, 0.2) is 0 Å². The van der Waals surface area contributed by atoms with Gasteiger partial charge in [0.25, 0.3) is 0 Å². The summed E-state index contributed by atoms with van der Waals surface area (Å²) in [6.45, 7) is 4.15. The van der Waals surface area contributed by atoms with Crippen molar-refractivity contribution < 1.29 is 9.21 Å². The molecule has 0 saturated carbocycles. The minimum Gasteiger partial charge on any atom is -0.464 e. The second-order valence-corrected chi connectivity index (χ2v) is 4.08. The van der Waals surface area contributed by atoms with E-state index in [1.807, 2.05) is 26.0 Å². The molecule has 2 aromatic rings. The summed E-state index contributed by atoms with van der Waals surface area (Å²) < 4.78 is 5.44. The summed E-state index contributed by atoms with van der Waals surface area (Å²) in [5.41, 5.74) is 0.853. The number of urea groups is 1. The number of nitrogens with one attached hydrogen (secondary N) is 3. The van der Waals surface area contributed by atoms with Gasteiger partial charge >= 0.3 is 6.03 Å². The van der Waals surface area contributed by atoms with Gasteiger partial charge in [-0.2, -0.15) is 5.10 Å². The lowest BCUT2D eigenvalue weighted by Gasteiger charge is -2.12. The number of furan rings is 1. The molecule has 1 unspecified atom stereocenters. The van der Waals surface area contributed by atoms with Crippen LogP contribution in [-0.2, 0) is 6.54 Å². The van der Waals surface area contributed by atoms with Crippen LogP contribution in [0.2, 0.25) is 0 Å². The second kappa shape index (κ2) is 5.39. The number of aromatic nitrogens is 2. The highest BCUT2D eigenvalue weighted by Gasteiger charge is 2.12. The molecule has 6 heteroatoms. The van der Waals surface area contributed by atoms with Crippen LogP contribution in [-0.4, -0.2) is 16.2 Å². The number of amides is 2. The van der Waals surface area contributed by atoms with E-state index in [1.165, 1.54) is 0 Å². The van der Waals surface area contributed by atoms with Crippen molar-refractivity contribution in [2.75, 3.05) is 0 Å². The predicted molar refractivity (Wildman–Crippen MR) is 65.8 cm³/mol. The molecular formula is C12H16N4O2. The first kappa shape index (κ1) is 12.2. The van der Waals surface area contributed by atoms with E-state index in [0.29, 0.717) is 6.54 Å². The van der Waals surface area contributed by atoms with E-state index < -0.39 is 0 Å². The Morgan fingerprint density at radius 2 is 2.33 bits per heavy atom. The molecule has 6 nitrogen and oxygen atoms in total. The van der Waals surface area contributed by atoms with E-state index in [1.54, 1.807) is 12.3 Å². The Morgan fingerprint density at radius 3 is 2.94 bits per heavy atom. The Hall–Kier alpha value is -2.24. The summed E-state index contributed by atoms with van der Waals surface area (Å²) in [7, 11) is 0. The fraction of sp³-hybridized carbons (Fsp3) is 0.333. The lowest BCUT2D eigenvalue weighted by molar-refractivity contribution is 0.235. The standard InChI is InChI=1S/C12H16N4O2/c1-8-3-4-11(18-8)9(2)15-12(17)13-7-10-5-6-14-16-10/h3-6,9H,7H2,1-2H3,(H,14,16)(H2,13,15,17). The Morgan fingerprint density at radius 1 is 1.50 bits per heavy atom. The number of aryl methyl sites for hydroxylation is 1. The summed E-state index contributed by atoms with van der Waals surface area (Å²) in [5.74, 6) is 1.57. The van der Waals surface area contributed by atoms with Crippen LogP contribution in [0.1, 0.15) is 30.2 Å². The summed E-state index contributed by atoms with van der Waals surface area (Å²) in [4.78, 5) is 11.6. The maximum atomic E-state index is 11.6. The Labute approximate surface area is 105 Å². The number of carbonyl (C=O) groups excluding carboxylic acids is 1. The van der Waals surface area contributed by atoms with Gasteiger partial charge in [-0.05, 0) is 32.0 Å². The van der Waals surface area contributed by atoms with Crippen LogP contribution < -0.4 is 10.6 Å². The van der Waals surface area contributed by atoms with Gasteiger partial charge in [0.1, 0.15) is 11.5 Å². The molecule has 0 aliphatic heterocycles. The molecule has 2 amide bonds. The zero-order chi connectivity index (χ0) is 13.0. The highest BCUT2D eigenvalue weighted by atomic mass is 16.3. The number of rotatable bonds is 4. The highest BCUT2D eigenvalue weighted by Crippen LogP contribution is 2.15. The molecule has 18 heavy (non-hydrogen) atoms. The maximum absolute atomic E-state index is 11.6. The van der Waals surface area contributed by atoms with E-state index in [0.717, 1.165) is 17.2 Å².